The van der Waals surface area contributed by atoms with Crippen molar-refractivity contribution in [2.45, 2.75) is 37.6 Å². The third-order valence-corrected chi connectivity index (χ3v) is 4.32. The summed E-state index contributed by atoms with van der Waals surface area (Å²) in [5, 5.41) is 9.37. The highest BCUT2D eigenvalue weighted by molar-refractivity contribution is 7.10. The highest BCUT2D eigenvalue weighted by Gasteiger charge is 2.27. The van der Waals surface area contributed by atoms with E-state index in [9.17, 15) is 4.79 Å². The largest absolute Gasteiger partial charge is 0.347 e. The van der Waals surface area contributed by atoms with Crippen LogP contribution in [0, 0.1) is 0 Å². The van der Waals surface area contributed by atoms with Crippen LogP contribution in [0.15, 0.2) is 5.38 Å². The van der Waals surface area contributed by atoms with Crippen molar-refractivity contribution >= 4 is 17.2 Å². The zero-order valence-corrected chi connectivity index (χ0v) is 10.6. The van der Waals surface area contributed by atoms with Gasteiger partial charge in [-0.25, -0.2) is 4.98 Å². The molecule has 2 aliphatic rings. The summed E-state index contributed by atoms with van der Waals surface area (Å²) in [6, 6.07) is 0.266. The highest BCUT2D eigenvalue weighted by Crippen LogP contribution is 2.41. The molecular formula is C12H17N3OS. The molecule has 92 valence electrons. The Labute approximate surface area is 105 Å². The maximum absolute atomic E-state index is 12.0. The van der Waals surface area contributed by atoms with Crippen molar-refractivity contribution in [2.75, 3.05) is 13.1 Å². The normalized spacial score (nSPS) is 24.6. The van der Waals surface area contributed by atoms with E-state index in [1.54, 1.807) is 11.3 Å². The van der Waals surface area contributed by atoms with Gasteiger partial charge in [-0.1, -0.05) is 0 Å². The van der Waals surface area contributed by atoms with Gasteiger partial charge in [-0.3, -0.25) is 4.79 Å². The van der Waals surface area contributed by atoms with Crippen molar-refractivity contribution in [1.82, 2.24) is 15.6 Å². The van der Waals surface area contributed by atoms with Crippen molar-refractivity contribution in [3.63, 3.8) is 0 Å². The van der Waals surface area contributed by atoms with Gasteiger partial charge in [0.1, 0.15) is 5.69 Å². The number of hydrogen-bond donors (Lipinski definition) is 2. The fourth-order valence-electron chi connectivity index (χ4n) is 2.14. The molecule has 0 aromatic carbocycles. The second kappa shape index (κ2) is 4.74. The average molecular weight is 251 g/mol. The van der Waals surface area contributed by atoms with E-state index in [0.29, 0.717) is 11.6 Å². The van der Waals surface area contributed by atoms with Crippen LogP contribution >= 0.6 is 11.3 Å². The predicted octanol–water partition coefficient (Wildman–Crippen LogP) is 1.50. The van der Waals surface area contributed by atoms with Crippen LogP contribution in [-0.2, 0) is 0 Å². The first-order valence-electron chi connectivity index (χ1n) is 6.30. The predicted molar refractivity (Wildman–Crippen MR) is 67.4 cm³/mol. The van der Waals surface area contributed by atoms with Crippen molar-refractivity contribution < 1.29 is 4.79 Å². The summed E-state index contributed by atoms with van der Waals surface area (Å²) in [4.78, 5) is 16.4. The van der Waals surface area contributed by atoms with Crippen LogP contribution in [0.2, 0.25) is 0 Å². The van der Waals surface area contributed by atoms with Crippen LogP contribution in [-0.4, -0.2) is 30.0 Å². The summed E-state index contributed by atoms with van der Waals surface area (Å²) >= 11 is 1.62. The standard InChI is InChI=1S/C12H17N3OS/c16-11(14-9-2-1-5-13-6-9)10-7-17-12(15-10)8-3-4-8/h7-9,13H,1-6H2,(H,14,16)/t9-/m0/s1. The fourth-order valence-corrected chi connectivity index (χ4v) is 3.12. The molecule has 0 bridgehead atoms. The Morgan fingerprint density at radius 3 is 3.06 bits per heavy atom. The number of aromatic nitrogens is 1. The van der Waals surface area contributed by atoms with Crippen molar-refractivity contribution in [2.24, 2.45) is 0 Å². The molecule has 1 aliphatic carbocycles. The Balaban J connectivity index is 1.59. The molecule has 3 rings (SSSR count). The lowest BCUT2D eigenvalue weighted by molar-refractivity contribution is 0.0926. The molecular weight excluding hydrogens is 234 g/mol. The number of nitrogens with zero attached hydrogens (tertiary/aromatic N) is 1. The topological polar surface area (TPSA) is 54.0 Å². The van der Waals surface area contributed by atoms with E-state index in [1.165, 1.54) is 12.8 Å². The Bertz CT molecular complexity index is 408. The van der Waals surface area contributed by atoms with Crippen LogP contribution < -0.4 is 10.6 Å². The first kappa shape index (κ1) is 11.2. The minimum atomic E-state index is -0.0122. The first-order chi connectivity index (χ1) is 8.33. The number of carbonyl (C=O) groups is 1. The summed E-state index contributed by atoms with van der Waals surface area (Å²) in [7, 11) is 0. The molecule has 1 saturated heterocycles. The second-order valence-electron chi connectivity index (χ2n) is 4.86. The Morgan fingerprint density at radius 2 is 2.35 bits per heavy atom. The van der Waals surface area contributed by atoms with Gasteiger partial charge in [-0.2, -0.15) is 0 Å². The number of nitrogens with one attached hydrogen (secondary N) is 2. The zero-order valence-electron chi connectivity index (χ0n) is 9.74. The molecule has 4 nitrogen and oxygen atoms in total. The number of carbonyl (C=O) groups excluding carboxylic acids is 1. The quantitative estimate of drug-likeness (QED) is 0.856. The molecule has 2 heterocycles. The second-order valence-corrected chi connectivity index (χ2v) is 5.75. The van der Waals surface area contributed by atoms with Crippen LogP contribution in [0.4, 0.5) is 0 Å². The fraction of sp³-hybridized carbons (Fsp3) is 0.667. The number of thiazole rings is 1. The molecule has 5 heteroatoms. The minimum Gasteiger partial charge on any atom is -0.347 e. The van der Waals surface area contributed by atoms with Gasteiger partial charge >= 0.3 is 0 Å². The van der Waals surface area contributed by atoms with Gasteiger partial charge in [0.15, 0.2) is 0 Å². The third kappa shape index (κ3) is 2.66. The SMILES string of the molecule is O=C(N[C@H]1CCCNC1)c1csc(C2CC2)n1. The molecule has 0 unspecified atom stereocenters. The maximum Gasteiger partial charge on any atom is 0.271 e. The number of piperidine rings is 1. The maximum atomic E-state index is 12.0. The summed E-state index contributed by atoms with van der Waals surface area (Å²) < 4.78 is 0. The molecule has 2 fully saturated rings. The molecule has 1 saturated carbocycles. The number of amides is 1. The summed E-state index contributed by atoms with van der Waals surface area (Å²) in [6.45, 7) is 1.94. The van der Waals surface area contributed by atoms with Crippen LogP contribution in [0.5, 0.6) is 0 Å². The monoisotopic (exact) mass is 251 g/mol. The number of rotatable bonds is 3. The summed E-state index contributed by atoms with van der Waals surface area (Å²) in [5.41, 5.74) is 0.600. The lowest BCUT2D eigenvalue weighted by atomic mass is 10.1. The summed E-state index contributed by atoms with van der Waals surface area (Å²) in [6.07, 6.45) is 4.68. The molecule has 0 spiro atoms. The van der Waals surface area contributed by atoms with Crippen LogP contribution in [0.25, 0.3) is 0 Å². The third-order valence-electron chi connectivity index (χ3n) is 3.31. The van der Waals surface area contributed by atoms with Gasteiger partial charge in [0, 0.05) is 23.9 Å². The van der Waals surface area contributed by atoms with Gasteiger partial charge in [0.25, 0.3) is 5.91 Å². The summed E-state index contributed by atoms with van der Waals surface area (Å²) in [5.74, 6) is 0.625. The van der Waals surface area contributed by atoms with E-state index in [-0.39, 0.29) is 11.9 Å². The van der Waals surface area contributed by atoms with Gasteiger partial charge in [-0.05, 0) is 32.2 Å². The van der Waals surface area contributed by atoms with E-state index in [4.69, 9.17) is 0 Å². The first-order valence-corrected chi connectivity index (χ1v) is 7.18. The van der Waals surface area contributed by atoms with E-state index in [2.05, 4.69) is 15.6 Å². The molecule has 1 aromatic rings. The smallest absolute Gasteiger partial charge is 0.271 e. The lowest BCUT2D eigenvalue weighted by Crippen LogP contribution is -2.45. The van der Waals surface area contributed by atoms with E-state index < -0.39 is 0 Å². The van der Waals surface area contributed by atoms with Gasteiger partial charge < -0.3 is 10.6 Å². The van der Waals surface area contributed by atoms with Crippen LogP contribution in [0.3, 0.4) is 0 Å². The van der Waals surface area contributed by atoms with Gasteiger partial charge in [0.05, 0.1) is 5.01 Å². The van der Waals surface area contributed by atoms with Crippen molar-refractivity contribution in [3.05, 3.63) is 16.1 Å². The molecule has 1 amide bonds. The van der Waals surface area contributed by atoms with E-state index >= 15 is 0 Å². The highest BCUT2D eigenvalue weighted by atomic mass is 32.1. The average Bonchev–Trinajstić information content (AvgIpc) is 3.08. The van der Waals surface area contributed by atoms with Crippen molar-refractivity contribution in [3.8, 4) is 0 Å². The molecule has 2 N–H and O–H groups in total. The molecule has 1 atom stereocenters. The van der Waals surface area contributed by atoms with E-state index in [0.717, 1.165) is 30.9 Å². The molecule has 17 heavy (non-hydrogen) atoms. The number of hydrogen-bond acceptors (Lipinski definition) is 4. The Morgan fingerprint density at radius 1 is 1.47 bits per heavy atom. The molecule has 1 aliphatic heterocycles. The van der Waals surface area contributed by atoms with Crippen LogP contribution in [0.1, 0.15) is 47.1 Å². The Kier molecular flexibility index (Phi) is 3.11. The Hall–Kier alpha value is -0.940. The van der Waals surface area contributed by atoms with E-state index in [1.807, 2.05) is 5.38 Å². The molecule has 0 radical (unpaired) electrons. The zero-order chi connectivity index (χ0) is 11.7. The molecule has 1 aromatic heterocycles. The van der Waals surface area contributed by atoms with Gasteiger partial charge in [0.2, 0.25) is 0 Å². The van der Waals surface area contributed by atoms with Crippen molar-refractivity contribution in [1.29, 1.82) is 0 Å². The minimum absolute atomic E-state index is 0.0122. The lowest BCUT2D eigenvalue weighted by Gasteiger charge is -2.23. The van der Waals surface area contributed by atoms with Gasteiger partial charge in [-0.15, -0.1) is 11.3 Å².